The first-order chi connectivity index (χ1) is 20.7. The molecule has 3 aromatic carbocycles. The van der Waals surface area contributed by atoms with Crippen molar-refractivity contribution in [2.24, 2.45) is 0 Å². The SMILES string of the molecule is CSCCC(NC(=O)c1ccc(CN(CCCn2ccnc2)Cc2cc(F)cc(F)c2)cc1-c1ccccc1C)C(=O)[O-].[Li+]. The van der Waals surface area contributed by atoms with Gasteiger partial charge in [0.1, 0.15) is 11.6 Å². The Morgan fingerprint density at radius 2 is 1.75 bits per heavy atom. The zero-order valence-electron chi connectivity index (χ0n) is 25.3. The Morgan fingerprint density at radius 1 is 1.02 bits per heavy atom. The van der Waals surface area contributed by atoms with E-state index < -0.39 is 29.6 Å². The molecule has 11 heteroatoms. The van der Waals surface area contributed by atoms with E-state index >= 15 is 0 Å². The number of aryl methyl sites for hydroxylation is 2. The topological polar surface area (TPSA) is 90.3 Å². The number of carbonyl (C=O) groups is 2. The van der Waals surface area contributed by atoms with E-state index in [1.54, 1.807) is 18.6 Å². The van der Waals surface area contributed by atoms with Crippen molar-refractivity contribution in [2.45, 2.75) is 45.4 Å². The number of hydrogen-bond donors (Lipinski definition) is 1. The number of carboxylic acids is 1. The van der Waals surface area contributed by atoms with Crippen LogP contribution in [0.1, 0.15) is 39.9 Å². The van der Waals surface area contributed by atoms with Crippen LogP contribution in [-0.2, 0) is 24.4 Å². The molecule has 1 N–H and O–H groups in total. The molecule has 1 atom stereocenters. The van der Waals surface area contributed by atoms with Crippen molar-refractivity contribution in [1.82, 2.24) is 19.8 Å². The largest absolute Gasteiger partial charge is 1.00 e. The Morgan fingerprint density at radius 3 is 2.41 bits per heavy atom. The van der Waals surface area contributed by atoms with Gasteiger partial charge >= 0.3 is 18.9 Å². The summed E-state index contributed by atoms with van der Waals surface area (Å²) < 4.78 is 30.0. The summed E-state index contributed by atoms with van der Waals surface area (Å²) in [4.78, 5) is 31.3. The number of hydrogen-bond acceptors (Lipinski definition) is 6. The molecule has 4 aromatic rings. The van der Waals surface area contributed by atoms with Gasteiger partial charge in [0.15, 0.2) is 0 Å². The molecule has 1 heterocycles. The molecule has 7 nitrogen and oxygen atoms in total. The van der Waals surface area contributed by atoms with Crippen LogP contribution in [0.2, 0.25) is 0 Å². The molecule has 4 rings (SSSR count). The molecule has 226 valence electrons. The normalized spacial score (nSPS) is 11.7. The van der Waals surface area contributed by atoms with Crippen LogP contribution in [0.25, 0.3) is 11.1 Å². The van der Waals surface area contributed by atoms with Crippen molar-refractivity contribution in [3.8, 4) is 11.1 Å². The molecule has 0 bridgehead atoms. The van der Waals surface area contributed by atoms with Crippen molar-refractivity contribution < 1.29 is 42.3 Å². The molecule has 0 radical (unpaired) electrons. The summed E-state index contributed by atoms with van der Waals surface area (Å²) in [6.07, 6.45) is 8.25. The van der Waals surface area contributed by atoms with Gasteiger partial charge in [-0.3, -0.25) is 9.69 Å². The fourth-order valence-corrected chi connectivity index (χ4v) is 5.51. The summed E-state index contributed by atoms with van der Waals surface area (Å²) in [5.41, 5.74) is 4.25. The maximum atomic E-state index is 14.0. The summed E-state index contributed by atoms with van der Waals surface area (Å²) in [5, 5.41) is 14.4. The van der Waals surface area contributed by atoms with Crippen LogP contribution in [0.5, 0.6) is 0 Å². The molecule has 0 spiro atoms. The number of thioether (sulfide) groups is 1. The number of aromatic nitrogens is 2. The first-order valence-corrected chi connectivity index (χ1v) is 15.5. The molecule has 1 aromatic heterocycles. The van der Waals surface area contributed by atoms with E-state index in [-0.39, 0.29) is 25.3 Å². The number of carbonyl (C=O) groups excluding carboxylic acids is 2. The fourth-order valence-electron chi connectivity index (χ4n) is 5.03. The quantitative estimate of drug-likeness (QED) is 0.206. The standard InChI is InChI=1S/C33H36F2N4O3S.Li/c1-23-6-3-4-7-28(23)30-18-24(8-9-29(30)32(40)37-31(33(41)42)10-15-43-2)20-39(13-5-12-38-14-11-36-22-38)21-25-16-26(34)19-27(35)17-25;/h3-4,6-9,11,14,16-19,22,31H,5,10,12-13,15,20-21H2,1-2H3,(H,37,40)(H,41,42);/q;+1/p-1. The van der Waals surface area contributed by atoms with Crippen LogP contribution in [0, 0.1) is 18.6 Å². The molecule has 0 saturated heterocycles. The van der Waals surface area contributed by atoms with Gasteiger partial charge in [-0.25, -0.2) is 13.8 Å². The molecule has 0 aliphatic rings. The number of nitrogens with one attached hydrogen (secondary N) is 1. The average Bonchev–Trinajstić information content (AvgIpc) is 3.48. The fraction of sp³-hybridized carbons (Fsp3) is 0.303. The molecular formula is C33H35F2LiN4O3S. The predicted octanol–water partition coefficient (Wildman–Crippen LogP) is 1.83. The second-order valence-electron chi connectivity index (χ2n) is 10.5. The minimum Gasteiger partial charge on any atom is -0.548 e. The number of aliphatic carboxylic acids is 1. The zero-order valence-corrected chi connectivity index (χ0v) is 26.1. The Balaban J connectivity index is 0.00000529. The van der Waals surface area contributed by atoms with Crippen LogP contribution in [0.4, 0.5) is 8.78 Å². The van der Waals surface area contributed by atoms with Gasteiger partial charge in [0.25, 0.3) is 5.91 Å². The number of halogens is 2. The summed E-state index contributed by atoms with van der Waals surface area (Å²) >= 11 is 1.49. The molecule has 1 amide bonds. The Kier molecular flexibility index (Phi) is 13.7. The number of nitrogens with zero attached hydrogens (tertiary/aromatic N) is 3. The van der Waals surface area contributed by atoms with Crippen molar-refractivity contribution in [3.05, 3.63) is 113 Å². The molecule has 0 aliphatic heterocycles. The number of benzene rings is 3. The summed E-state index contributed by atoms with van der Waals surface area (Å²) in [6, 6.07) is 15.6. The average molecular weight is 613 g/mol. The Hall–Kier alpha value is -3.42. The van der Waals surface area contributed by atoms with Crippen molar-refractivity contribution in [2.75, 3.05) is 18.6 Å². The van der Waals surface area contributed by atoms with Gasteiger partial charge in [-0.1, -0.05) is 30.3 Å². The van der Waals surface area contributed by atoms with E-state index in [0.29, 0.717) is 42.1 Å². The van der Waals surface area contributed by atoms with Crippen LogP contribution >= 0.6 is 11.8 Å². The number of amides is 1. The van der Waals surface area contributed by atoms with E-state index in [9.17, 15) is 23.5 Å². The number of imidazole rings is 1. The van der Waals surface area contributed by atoms with Gasteiger partial charge in [0, 0.05) is 50.2 Å². The maximum Gasteiger partial charge on any atom is 1.00 e. The third-order valence-electron chi connectivity index (χ3n) is 7.15. The van der Waals surface area contributed by atoms with Gasteiger partial charge in [-0.05, 0) is 83.9 Å². The smallest absolute Gasteiger partial charge is 0.548 e. The minimum absolute atomic E-state index is 0. The van der Waals surface area contributed by atoms with Gasteiger partial charge in [-0.2, -0.15) is 11.8 Å². The van der Waals surface area contributed by atoms with Crippen LogP contribution in [0.3, 0.4) is 0 Å². The Bertz CT molecular complexity index is 1520. The van der Waals surface area contributed by atoms with Gasteiger partial charge < -0.3 is 19.8 Å². The Labute approximate surface area is 273 Å². The molecule has 44 heavy (non-hydrogen) atoms. The maximum absolute atomic E-state index is 14.0. The second-order valence-corrected chi connectivity index (χ2v) is 11.4. The summed E-state index contributed by atoms with van der Waals surface area (Å²) in [5.74, 6) is -2.51. The van der Waals surface area contributed by atoms with Crippen molar-refractivity contribution in [3.63, 3.8) is 0 Å². The van der Waals surface area contributed by atoms with Crippen molar-refractivity contribution in [1.29, 1.82) is 0 Å². The van der Waals surface area contributed by atoms with Crippen molar-refractivity contribution >= 4 is 23.6 Å². The molecule has 1 unspecified atom stereocenters. The second kappa shape index (κ2) is 17.2. The molecule has 0 saturated carbocycles. The van der Waals surface area contributed by atoms with E-state index in [0.717, 1.165) is 35.7 Å². The first kappa shape index (κ1) is 35.1. The van der Waals surface area contributed by atoms with Crippen LogP contribution in [0.15, 0.2) is 79.4 Å². The van der Waals surface area contributed by atoms with E-state index in [1.165, 1.54) is 23.9 Å². The summed E-state index contributed by atoms with van der Waals surface area (Å²) in [7, 11) is 0. The predicted molar refractivity (Wildman–Crippen MR) is 163 cm³/mol. The van der Waals surface area contributed by atoms with Gasteiger partial charge in [0.05, 0.1) is 18.3 Å². The minimum atomic E-state index is -1.32. The number of rotatable bonds is 15. The first-order valence-electron chi connectivity index (χ1n) is 14.1. The van der Waals surface area contributed by atoms with E-state index in [1.807, 2.05) is 60.3 Å². The van der Waals surface area contributed by atoms with E-state index in [2.05, 4.69) is 15.2 Å². The zero-order chi connectivity index (χ0) is 30.8. The van der Waals surface area contributed by atoms with E-state index in [4.69, 9.17) is 0 Å². The molecule has 0 fully saturated rings. The molecule has 0 aliphatic carbocycles. The third kappa shape index (κ3) is 10.1. The summed E-state index contributed by atoms with van der Waals surface area (Å²) in [6.45, 7) is 4.10. The monoisotopic (exact) mass is 612 g/mol. The van der Waals surface area contributed by atoms with Crippen LogP contribution in [-0.4, -0.2) is 50.9 Å². The van der Waals surface area contributed by atoms with Gasteiger partial charge in [0.2, 0.25) is 0 Å². The number of carboxylic acid groups (broad SMARTS) is 1. The van der Waals surface area contributed by atoms with Gasteiger partial charge in [-0.15, -0.1) is 0 Å². The third-order valence-corrected chi connectivity index (χ3v) is 7.79. The molecular weight excluding hydrogens is 577 g/mol. The van der Waals surface area contributed by atoms with Crippen LogP contribution < -0.4 is 29.3 Å².